The zero-order valence-corrected chi connectivity index (χ0v) is 10.9. The summed E-state index contributed by atoms with van der Waals surface area (Å²) in [5.74, 6) is -1.89. The van der Waals surface area contributed by atoms with E-state index in [1.54, 1.807) is 0 Å². The lowest BCUT2D eigenvalue weighted by molar-refractivity contribution is -0.153. The number of aliphatic carboxylic acids is 1. The molecule has 9 heteroatoms. The number of carbonyl (C=O) groups excluding carboxylic acids is 1. The second kappa shape index (κ2) is 16.7. The number of carbonyl (C=O) groups is 2. The quantitative estimate of drug-likeness (QED) is 0.295. The van der Waals surface area contributed by atoms with Crippen LogP contribution in [0.1, 0.15) is 13.8 Å². The summed E-state index contributed by atoms with van der Waals surface area (Å²) in [6, 6.07) is 0. The van der Waals surface area contributed by atoms with Gasteiger partial charge < -0.3 is 35.4 Å². The lowest BCUT2D eigenvalue weighted by Gasteiger charge is -2.02. The van der Waals surface area contributed by atoms with Crippen molar-refractivity contribution in [2.75, 3.05) is 26.4 Å². The van der Waals surface area contributed by atoms with Crippen LogP contribution in [0.4, 0.5) is 0 Å². The van der Waals surface area contributed by atoms with E-state index in [0.29, 0.717) is 0 Å². The maximum Gasteiger partial charge on any atom is 0.334 e. The highest BCUT2D eigenvalue weighted by Crippen LogP contribution is 1.84. The molecule has 0 saturated heterocycles. The highest BCUT2D eigenvalue weighted by Gasteiger charge is 2.08. The summed E-state index contributed by atoms with van der Waals surface area (Å²) in [4.78, 5) is 19.8. The minimum absolute atomic E-state index is 0.0519. The first kappa shape index (κ1) is 22.9. The maximum absolute atomic E-state index is 10.3. The molecule has 0 rings (SSSR count). The first-order chi connectivity index (χ1) is 8.74. The number of carboxylic acids is 1. The number of rotatable bonds is 5. The van der Waals surface area contributed by atoms with Crippen LogP contribution in [0.25, 0.3) is 0 Å². The molecule has 116 valence electrons. The van der Waals surface area contributed by atoms with Gasteiger partial charge in [0.1, 0.15) is 18.8 Å². The molecule has 0 spiro atoms. The molecule has 2 atom stereocenters. The Hall–Kier alpha value is -1.26. The average molecular weight is 286 g/mol. The molecule has 0 aromatic carbocycles. The summed E-state index contributed by atoms with van der Waals surface area (Å²) < 4.78 is 4.31. The van der Waals surface area contributed by atoms with Crippen molar-refractivity contribution in [3.8, 4) is 0 Å². The Bertz CT molecular complexity index is 213. The Morgan fingerprint density at radius 2 is 1.32 bits per heavy atom. The molecule has 0 fully saturated rings. The molecule has 9 nitrogen and oxygen atoms in total. The smallest absolute Gasteiger partial charge is 0.334 e. The summed E-state index contributed by atoms with van der Waals surface area (Å²) in [5.41, 5.74) is 0. The van der Waals surface area contributed by atoms with Gasteiger partial charge in [-0.15, -0.1) is 0 Å². The summed E-state index contributed by atoms with van der Waals surface area (Å²) in [7, 11) is 0. The zero-order valence-electron chi connectivity index (χ0n) is 10.9. The van der Waals surface area contributed by atoms with Gasteiger partial charge in [0, 0.05) is 0 Å². The van der Waals surface area contributed by atoms with Crippen molar-refractivity contribution in [3.05, 3.63) is 0 Å². The molecule has 0 saturated carbocycles. The molecule has 0 bridgehead atoms. The Labute approximate surface area is 110 Å². The Morgan fingerprint density at radius 1 is 0.947 bits per heavy atom. The fourth-order valence-electron chi connectivity index (χ4n) is 0.267. The molecule has 0 heterocycles. The van der Waals surface area contributed by atoms with Crippen LogP contribution in [0.3, 0.4) is 0 Å². The molecule has 2 unspecified atom stereocenters. The van der Waals surface area contributed by atoms with Gasteiger partial charge in [-0.1, -0.05) is 0 Å². The first-order valence-corrected chi connectivity index (χ1v) is 5.32. The highest BCUT2D eigenvalue weighted by atomic mass is 16.6. The van der Waals surface area contributed by atoms with E-state index in [0.717, 1.165) is 0 Å². The van der Waals surface area contributed by atoms with E-state index in [2.05, 4.69) is 4.74 Å². The second-order valence-corrected chi connectivity index (χ2v) is 3.03. The van der Waals surface area contributed by atoms with E-state index >= 15 is 0 Å². The molecule has 0 aromatic rings. The van der Waals surface area contributed by atoms with E-state index in [1.807, 2.05) is 0 Å². The third-order valence-corrected chi connectivity index (χ3v) is 1.13. The summed E-state index contributed by atoms with van der Waals surface area (Å²) >= 11 is 0. The second-order valence-electron chi connectivity index (χ2n) is 3.03. The van der Waals surface area contributed by atoms with Gasteiger partial charge in [-0.25, -0.2) is 9.59 Å². The predicted octanol–water partition coefficient (Wildman–Crippen LogP) is -2.67. The highest BCUT2D eigenvalue weighted by molar-refractivity contribution is 5.73. The van der Waals surface area contributed by atoms with Crippen LogP contribution < -0.4 is 0 Å². The third-order valence-electron chi connectivity index (χ3n) is 1.13. The van der Waals surface area contributed by atoms with Crippen LogP contribution in [0.5, 0.6) is 0 Å². The minimum atomic E-state index is -1.23. The molecular formula is C10H22O9. The van der Waals surface area contributed by atoms with Crippen LogP contribution in [0.2, 0.25) is 0 Å². The van der Waals surface area contributed by atoms with Crippen molar-refractivity contribution in [2.24, 2.45) is 0 Å². The minimum Gasteiger partial charge on any atom is -0.479 e. The van der Waals surface area contributed by atoms with Crippen molar-refractivity contribution in [1.82, 2.24) is 0 Å². The Kier molecular flexibility index (Phi) is 20.2. The van der Waals surface area contributed by atoms with E-state index in [4.69, 9.17) is 30.6 Å². The molecule has 0 radical (unpaired) electrons. The zero-order chi connectivity index (χ0) is 15.8. The Balaban J connectivity index is -0.000000222. The molecule has 0 aliphatic carbocycles. The SMILES string of the molecule is CC(O)C(=O)O.CC(O)C(=O)OCCO.OCCO. The topological polar surface area (TPSA) is 165 Å². The van der Waals surface area contributed by atoms with Gasteiger partial charge in [0.2, 0.25) is 0 Å². The number of ether oxygens (including phenoxy) is 1. The maximum atomic E-state index is 10.3. The number of hydrogen-bond donors (Lipinski definition) is 6. The predicted molar refractivity (Wildman–Crippen MR) is 63.2 cm³/mol. The largest absolute Gasteiger partial charge is 0.479 e. The standard InChI is InChI=1S/C5H10O4.C3H6O3.C2H6O2/c1-4(7)5(8)9-3-2-6;1-2(4)3(5)6;3-1-2-4/h4,6-7H,2-3H2,1H3;2,4H,1H3,(H,5,6);3-4H,1-2H2. The van der Waals surface area contributed by atoms with Crippen molar-refractivity contribution >= 4 is 11.9 Å². The molecule has 0 aromatic heterocycles. The van der Waals surface area contributed by atoms with E-state index < -0.39 is 24.1 Å². The van der Waals surface area contributed by atoms with E-state index in [1.165, 1.54) is 13.8 Å². The van der Waals surface area contributed by atoms with Gasteiger partial charge >= 0.3 is 11.9 Å². The van der Waals surface area contributed by atoms with Crippen LogP contribution in [-0.4, -0.2) is 81.2 Å². The number of carboxylic acid groups (broad SMARTS) is 1. The molecule has 0 aliphatic heterocycles. The van der Waals surface area contributed by atoms with Crippen molar-refractivity contribution in [2.45, 2.75) is 26.1 Å². The van der Waals surface area contributed by atoms with Crippen LogP contribution >= 0.6 is 0 Å². The van der Waals surface area contributed by atoms with Gasteiger partial charge in [0.15, 0.2) is 0 Å². The number of aliphatic hydroxyl groups excluding tert-OH is 5. The average Bonchev–Trinajstić information content (AvgIpc) is 2.36. The lowest BCUT2D eigenvalue weighted by Crippen LogP contribution is -2.20. The monoisotopic (exact) mass is 286 g/mol. The number of aliphatic hydroxyl groups is 5. The lowest BCUT2D eigenvalue weighted by atomic mass is 10.4. The molecular weight excluding hydrogens is 264 g/mol. The van der Waals surface area contributed by atoms with Crippen molar-refractivity contribution < 1.29 is 45.0 Å². The van der Waals surface area contributed by atoms with E-state index in [9.17, 15) is 9.59 Å². The first-order valence-electron chi connectivity index (χ1n) is 5.32. The fourth-order valence-corrected chi connectivity index (χ4v) is 0.267. The summed E-state index contributed by atoms with van der Waals surface area (Å²) in [6.45, 7) is 1.99. The van der Waals surface area contributed by atoms with Gasteiger partial charge in [0.05, 0.1) is 19.8 Å². The number of hydrogen-bond acceptors (Lipinski definition) is 8. The summed E-state index contributed by atoms with van der Waals surface area (Å²) in [6.07, 6.45) is -2.33. The summed E-state index contributed by atoms with van der Waals surface area (Å²) in [5, 5.41) is 47.7. The van der Waals surface area contributed by atoms with Crippen LogP contribution in [-0.2, 0) is 14.3 Å². The van der Waals surface area contributed by atoms with Gasteiger partial charge in [0.25, 0.3) is 0 Å². The van der Waals surface area contributed by atoms with Gasteiger partial charge in [-0.2, -0.15) is 0 Å². The van der Waals surface area contributed by atoms with Crippen molar-refractivity contribution in [1.29, 1.82) is 0 Å². The Morgan fingerprint density at radius 3 is 1.47 bits per heavy atom. The van der Waals surface area contributed by atoms with Crippen molar-refractivity contribution in [3.63, 3.8) is 0 Å². The van der Waals surface area contributed by atoms with Gasteiger partial charge in [-0.3, -0.25) is 0 Å². The molecule has 19 heavy (non-hydrogen) atoms. The normalized spacial score (nSPS) is 11.9. The van der Waals surface area contributed by atoms with Crippen LogP contribution in [0, 0.1) is 0 Å². The van der Waals surface area contributed by atoms with E-state index in [-0.39, 0.29) is 26.4 Å². The molecule has 6 N–H and O–H groups in total. The molecule has 0 aliphatic rings. The van der Waals surface area contributed by atoms with Gasteiger partial charge in [-0.05, 0) is 13.8 Å². The molecule has 0 amide bonds. The van der Waals surface area contributed by atoms with Crippen LogP contribution in [0.15, 0.2) is 0 Å². The third kappa shape index (κ3) is 26.4. The fraction of sp³-hybridized carbons (Fsp3) is 0.800. The number of esters is 1.